The normalized spacial score (nSPS) is 15.8. The molecule has 2 aromatic rings. The number of halogens is 1. The summed E-state index contributed by atoms with van der Waals surface area (Å²) in [5.74, 6) is 0.980. The van der Waals surface area contributed by atoms with E-state index < -0.39 is 0 Å². The third-order valence-electron chi connectivity index (χ3n) is 5.63. The molecule has 0 aliphatic heterocycles. The third kappa shape index (κ3) is 5.61. The topological polar surface area (TPSA) is 74.5 Å². The minimum Gasteiger partial charge on any atom is -0.356 e. The predicted molar refractivity (Wildman–Crippen MR) is 129 cm³/mol. The van der Waals surface area contributed by atoms with E-state index in [4.69, 9.17) is 0 Å². The van der Waals surface area contributed by atoms with Crippen molar-refractivity contribution >= 4 is 46.9 Å². The maximum Gasteiger partial charge on any atom is 0.230 e. The molecule has 1 saturated carbocycles. The lowest BCUT2D eigenvalue weighted by atomic mass is 9.84. The first kappa shape index (κ1) is 23.4. The Labute approximate surface area is 190 Å². The SMILES string of the molecule is CN=C(NCCCn1cnc2ccccc21)NCC1(C(=O)N(C)C)CCCC1.I. The number of hydrogen-bond acceptors (Lipinski definition) is 3. The number of aryl methyl sites for hydroxylation is 1. The van der Waals surface area contributed by atoms with E-state index in [0.717, 1.165) is 62.2 Å². The number of nitrogens with zero attached hydrogens (tertiary/aromatic N) is 4. The minimum absolute atomic E-state index is 0. The van der Waals surface area contributed by atoms with Crippen LogP contribution in [-0.2, 0) is 11.3 Å². The summed E-state index contributed by atoms with van der Waals surface area (Å²) in [7, 11) is 5.46. The Balaban J connectivity index is 0.00000300. The number of nitrogens with one attached hydrogen (secondary N) is 2. The highest BCUT2D eigenvalue weighted by atomic mass is 127. The molecule has 1 aliphatic carbocycles. The van der Waals surface area contributed by atoms with Crippen LogP contribution in [0.5, 0.6) is 0 Å². The van der Waals surface area contributed by atoms with Crippen molar-refractivity contribution in [2.45, 2.75) is 38.6 Å². The molecule has 1 aromatic heterocycles. The minimum atomic E-state index is -0.295. The zero-order valence-electron chi connectivity index (χ0n) is 17.6. The number of amides is 1. The van der Waals surface area contributed by atoms with Gasteiger partial charge in [-0.1, -0.05) is 25.0 Å². The van der Waals surface area contributed by atoms with Gasteiger partial charge in [0.15, 0.2) is 5.96 Å². The Kier molecular flexibility index (Phi) is 8.73. The van der Waals surface area contributed by atoms with Crippen molar-refractivity contribution in [3.8, 4) is 0 Å². The Bertz CT molecular complexity index is 825. The van der Waals surface area contributed by atoms with Crippen LogP contribution in [-0.4, -0.2) is 60.6 Å². The lowest BCUT2D eigenvalue weighted by Crippen LogP contribution is -2.49. The number of para-hydroxylation sites is 2. The van der Waals surface area contributed by atoms with Crippen molar-refractivity contribution in [2.75, 3.05) is 34.2 Å². The number of hydrogen-bond donors (Lipinski definition) is 2. The zero-order valence-corrected chi connectivity index (χ0v) is 20.0. The quantitative estimate of drug-likeness (QED) is 0.259. The summed E-state index contributed by atoms with van der Waals surface area (Å²) in [6.45, 7) is 2.34. The van der Waals surface area contributed by atoms with Gasteiger partial charge >= 0.3 is 0 Å². The van der Waals surface area contributed by atoms with Gasteiger partial charge in [0.25, 0.3) is 0 Å². The van der Waals surface area contributed by atoms with Crippen molar-refractivity contribution in [1.82, 2.24) is 25.1 Å². The highest BCUT2D eigenvalue weighted by Crippen LogP contribution is 2.38. The smallest absolute Gasteiger partial charge is 0.230 e. The highest BCUT2D eigenvalue weighted by Gasteiger charge is 2.42. The van der Waals surface area contributed by atoms with E-state index >= 15 is 0 Å². The van der Waals surface area contributed by atoms with Crippen LogP contribution >= 0.6 is 24.0 Å². The van der Waals surface area contributed by atoms with E-state index in [0.29, 0.717) is 6.54 Å². The molecule has 1 amide bonds. The summed E-state index contributed by atoms with van der Waals surface area (Å²) >= 11 is 0. The van der Waals surface area contributed by atoms with E-state index in [1.54, 1.807) is 11.9 Å². The molecule has 1 aliphatic rings. The van der Waals surface area contributed by atoms with Crippen LogP contribution in [0.2, 0.25) is 0 Å². The molecule has 0 atom stereocenters. The van der Waals surface area contributed by atoms with Gasteiger partial charge in [0.05, 0.1) is 22.8 Å². The number of fused-ring (bicyclic) bond motifs is 1. The molecule has 1 aromatic carbocycles. The second-order valence-electron chi connectivity index (χ2n) is 7.82. The second-order valence-corrected chi connectivity index (χ2v) is 7.82. The molecule has 0 spiro atoms. The summed E-state index contributed by atoms with van der Waals surface area (Å²) in [4.78, 5) is 23.2. The van der Waals surface area contributed by atoms with Gasteiger partial charge in [-0.3, -0.25) is 9.79 Å². The Hall–Kier alpha value is -1.84. The van der Waals surface area contributed by atoms with Crippen molar-refractivity contribution in [2.24, 2.45) is 10.4 Å². The van der Waals surface area contributed by atoms with Crippen LogP contribution in [0.4, 0.5) is 0 Å². The molecule has 7 nitrogen and oxygen atoms in total. The number of aliphatic imine (C=N–C) groups is 1. The fraction of sp³-hybridized carbons (Fsp3) is 0.571. The summed E-state index contributed by atoms with van der Waals surface area (Å²) in [5.41, 5.74) is 1.90. The van der Waals surface area contributed by atoms with Gasteiger partial charge in [-0.15, -0.1) is 24.0 Å². The van der Waals surface area contributed by atoms with Crippen LogP contribution in [0.25, 0.3) is 11.0 Å². The van der Waals surface area contributed by atoms with Crippen molar-refractivity contribution in [1.29, 1.82) is 0 Å². The van der Waals surface area contributed by atoms with E-state index in [-0.39, 0.29) is 35.3 Å². The molecule has 160 valence electrons. The fourth-order valence-corrected chi connectivity index (χ4v) is 4.11. The number of carbonyl (C=O) groups is 1. The highest BCUT2D eigenvalue weighted by molar-refractivity contribution is 14.0. The van der Waals surface area contributed by atoms with Crippen LogP contribution in [0.3, 0.4) is 0 Å². The Morgan fingerprint density at radius 3 is 2.66 bits per heavy atom. The molecule has 3 rings (SSSR count). The number of rotatable bonds is 7. The number of benzene rings is 1. The Morgan fingerprint density at radius 1 is 1.24 bits per heavy atom. The molecule has 0 unspecified atom stereocenters. The molecule has 1 heterocycles. The summed E-state index contributed by atoms with van der Waals surface area (Å²) in [6, 6.07) is 8.18. The molecule has 8 heteroatoms. The van der Waals surface area contributed by atoms with Gasteiger partial charge in [0.1, 0.15) is 0 Å². The molecular weight excluding hydrogens is 479 g/mol. The average Bonchev–Trinajstić information content (AvgIpc) is 3.35. The average molecular weight is 512 g/mol. The first-order valence-electron chi connectivity index (χ1n) is 10.1. The second kappa shape index (κ2) is 10.8. The molecule has 0 radical (unpaired) electrons. The lowest BCUT2D eigenvalue weighted by Gasteiger charge is -2.31. The van der Waals surface area contributed by atoms with Crippen molar-refractivity contribution < 1.29 is 4.79 Å². The molecule has 2 N–H and O–H groups in total. The summed E-state index contributed by atoms with van der Waals surface area (Å²) in [5, 5.41) is 6.75. The van der Waals surface area contributed by atoms with Gasteiger partial charge in [-0.25, -0.2) is 4.98 Å². The van der Waals surface area contributed by atoms with Crippen LogP contribution in [0.1, 0.15) is 32.1 Å². The maximum absolute atomic E-state index is 12.7. The van der Waals surface area contributed by atoms with Gasteiger partial charge in [-0.2, -0.15) is 0 Å². The fourth-order valence-electron chi connectivity index (χ4n) is 4.11. The first-order valence-corrected chi connectivity index (χ1v) is 10.1. The third-order valence-corrected chi connectivity index (χ3v) is 5.63. The van der Waals surface area contributed by atoms with E-state index in [1.807, 2.05) is 38.6 Å². The van der Waals surface area contributed by atoms with Crippen molar-refractivity contribution in [3.63, 3.8) is 0 Å². The number of carbonyl (C=O) groups excluding carboxylic acids is 1. The van der Waals surface area contributed by atoms with Gasteiger partial charge in [0.2, 0.25) is 5.91 Å². The van der Waals surface area contributed by atoms with E-state index in [1.165, 1.54) is 0 Å². The summed E-state index contributed by atoms with van der Waals surface area (Å²) < 4.78 is 2.18. The monoisotopic (exact) mass is 512 g/mol. The number of guanidine groups is 1. The van der Waals surface area contributed by atoms with Crippen LogP contribution in [0, 0.1) is 5.41 Å². The van der Waals surface area contributed by atoms with E-state index in [9.17, 15) is 4.79 Å². The zero-order chi connectivity index (χ0) is 20.0. The maximum atomic E-state index is 12.7. The molecule has 1 fully saturated rings. The largest absolute Gasteiger partial charge is 0.356 e. The van der Waals surface area contributed by atoms with E-state index in [2.05, 4.69) is 31.2 Å². The summed E-state index contributed by atoms with van der Waals surface area (Å²) in [6.07, 6.45) is 6.99. The molecule has 29 heavy (non-hydrogen) atoms. The standard InChI is InChI=1S/C21H32N6O.HI/c1-22-20(24-15-21(11-6-7-12-21)19(28)26(2)3)23-13-8-14-27-16-25-17-9-4-5-10-18(17)27;/h4-5,9-10,16H,6-8,11-15H2,1-3H3,(H2,22,23,24);1H. The first-order chi connectivity index (χ1) is 13.6. The van der Waals surface area contributed by atoms with Gasteiger partial charge in [0, 0.05) is 40.8 Å². The van der Waals surface area contributed by atoms with Gasteiger partial charge < -0.3 is 20.1 Å². The van der Waals surface area contributed by atoms with Crippen LogP contribution in [0.15, 0.2) is 35.6 Å². The molecule has 0 bridgehead atoms. The Morgan fingerprint density at radius 2 is 1.97 bits per heavy atom. The van der Waals surface area contributed by atoms with Crippen molar-refractivity contribution in [3.05, 3.63) is 30.6 Å². The van der Waals surface area contributed by atoms with Crippen LogP contribution < -0.4 is 10.6 Å². The molecular formula is C21H33IN6O. The number of imidazole rings is 1. The lowest BCUT2D eigenvalue weighted by molar-refractivity contribution is -0.138. The molecule has 0 saturated heterocycles. The van der Waals surface area contributed by atoms with Gasteiger partial charge in [-0.05, 0) is 31.4 Å². The number of aromatic nitrogens is 2. The predicted octanol–water partition coefficient (Wildman–Crippen LogP) is 2.86.